The molecule has 0 spiro atoms. The molecule has 0 atom stereocenters. The molecule has 0 amide bonds. The van der Waals surface area contributed by atoms with E-state index in [9.17, 15) is 0 Å². The van der Waals surface area contributed by atoms with Crippen molar-refractivity contribution in [2.75, 3.05) is 0 Å². The van der Waals surface area contributed by atoms with Crippen LogP contribution in [0.3, 0.4) is 0 Å². The van der Waals surface area contributed by atoms with Gasteiger partial charge in [-0.2, -0.15) is 0 Å². The average molecular weight is 421 g/mol. The zero-order valence-electron chi connectivity index (χ0n) is 18.6. The Bertz CT molecular complexity index is 1270. The second kappa shape index (κ2) is 7.89. The number of rotatable bonds is 4. The summed E-state index contributed by atoms with van der Waals surface area (Å²) in [5.74, 6) is 3.34. The van der Waals surface area contributed by atoms with Gasteiger partial charge in [-0.05, 0) is 13.8 Å². The molecule has 2 heterocycles. The maximum Gasteiger partial charge on any atom is 0.163 e. The summed E-state index contributed by atoms with van der Waals surface area (Å²) >= 11 is 0. The zero-order valence-corrected chi connectivity index (χ0v) is 18.6. The highest BCUT2D eigenvalue weighted by atomic mass is 15.3. The zero-order chi connectivity index (χ0) is 22.2. The number of aryl methyl sites for hydroxylation is 2. The van der Waals surface area contributed by atoms with Crippen LogP contribution in [0.1, 0.15) is 11.1 Å². The second-order valence-electron chi connectivity index (χ2n) is 8.12. The van der Waals surface area contributed by atoms with E-state index in [4.69, 9.17) is 0 Å². The van der Waals surface area contributed by atoms with Crippen LogP contribution in [0.25, 0.3) is 45.6 Å². The van der Waals surface area contributed by atoms with Crippen LogP contribution in [-0.4, -0.2) is 29.5 Å². The van der Waals surface area contributed by atoms with Crippen molar-refractivity contribution < 1.29 is 0 Å². The van der Waals surface area contributed by atoms with Gasteiger partial charge in [-0.3, -0.25) is 0 Å². The van der Waals surface area contributed by atoms with Crippen LogP contribution in [0.4, 0.5) is 0 Å². The van der Waals surface area contributed by atoms with Gasteiger partial charge < -0.3 is 9.13 Å². The van der Waals surface area contributed by atoms with Crippen LogP contribution >= 0.6 is 0 Å². The van der Waals surface area contributed by atoms with Gasteiger partial charge >= 0.3 is 0 Å². The van der Waals surface area contributed by atoms with E-state index in [0.717, 1.165) is 45.6 Å². The molecule has 0 saturated carbocycles. The summed E-state index contributed by atoms with van der Waals surface area (Å²) in [5, 5.41) is 17.7. The van der Waals surface area contributed by atoms with E-state index in [-0.39, 0.29) is 0 Å². The topological polar surface area (TPSA) is 61.4 Å². The standard InChI is InChI=1S/C26H24N6/c1-17-5-9-19(10-6-17)23-27-29-25(31(23)3)21-13-15-22(16-14-21)26-30-28-24(32(26)4)20-11-7-18(2)8-12-20/h5-16H,1-4H3. The van der Waals surface area contributed by atoms with E-state index in [1.54, 1.807) is 0 Å². The first-order valence-corrected chi connectivity index (χ1v) is 10.5. The summed E-state index contributed by atoms with van der Waals surface area (Å²) in [4.78, 5) is 0. The Balaban J connectivity index is 1.44. The molecule has 0 aliphatic heterocycles. The second-order valence-corrected chi connectivity index (χ2v) is 8.12. The molecular formula is C26H24N6. The number of hydrogen-bond acceptors (Lipinski definition) is 4. The monoisotopic (exact) mass is 420 g/mol. The smallest absolute Gasteiger partial charge is 0.163 e. The molecule has 0 saturated heterocycles. The molecular weight excluding hydrogens is 396 g/mol. The van der Waals surface area contributed by atoms with Crippen molar-refractivity contribution in [2.24, 2.45) is 14.1 Å². The average Bonchev–Trinajstić information content (AvgIpc) is 3.38. The van der Waals surface area contributed by atoms with Gasteiger partial charge in [0.25, 0.3) is 0 Å². The molecule has 0 aliphatic rings. The fourth-order valence-electron chi connectivity index (χ4n) is 3.84. The van der Waals surface area contributed by atoms with E-state index >= 15 is 0 Å². The van der Waals surface area contributed by atoms with Gasteiger partial charge in [-0.15, -0.1) is 20.4 Å². The molecule has 3 aromatic carbocycles. The third-order valence-corrected chi connectivity index (χ3v) is 5.77. The Morgan fingerprint density at radius 2 is 0.625 bits per heavy atom. The van der Waals surface area contributed by atoms with Crippen LogP contribution in [-0.2, 0) is 14.1 Å². The lowest BCUT2D eigenvalue weighted by Gasteiger charge is -2.07. The van der Waals surface area contributed by atoms with Crippen LogP contribution < -0.4 is 0 Å². The molecule has 5 rings (SSSR count). The molecule has 158 valence electrons. The van der Waals surface area contributed by atoms with Crippen molar-refractivity contribution in [1.82, 2.24) is 29.5 Å². The van der Waals surface area contributed by atoms with E-state index in [1.807, 2.05) is 23.2 Å². The van der Waals surface area contributed by atoms with Crippen molar-refractivity contribution in [3.8, 4) is 45.6 Å². The third kappa shape index (κ3) is 3.50. The lowest BCUT2D eigenvalue weighted by Crippen LogP contribution is -1.97. The fourth-order valence-corrected chi connectivity index (χ4v) is 3.84. The molecule has 2 aromatic heterocycles. The predicted octanol–water partition coefficient (Wildman–Crippen LogP) is 5.23. The molecule has 0 N–H and O–H groups in total. The number of nitrogens with zero attached hydrogens (tertiary/aromatic N) is 6. The summed E-state index contributed by atoms with van der Waals surface area (Å²) in [5.41, 5.74) is 6.56. The minimum absolute atomic E-state index is 0.824. The first-order chi connectivity index (χ1) is 15.5. The van der Waals surface area contributed by atoms with Crippen LogP contribution in [0.15, 0.2) is 72.8 Å². The lowest BCUT2D eigenvalue weighted by molar-refractivity contribution is 0.927. The first kappa shape index (κ1) is 19.9. The minimum atomic E-state index is 0.824. The Labute approximate surface area is 187 Å². The number of benzene rings is 3. The highest BCUT2D eigenvalue weighted by Gasteiger charge is 2.15. The lowest BCUT2D eigenvalue weighted by atomic mass is 10.1. The van der Waals surface area contributed by atoms with Crippen molar-refractivity contribution in [3.63, 3.8) is 0 Å². The molecule has 6 nitrogen and oxygen atoms in total. The Morgan fingerprint density at radius 1 is 0.406 bits per heavy atom. The Kier molecular flexibility index (Phi) is 4.90. The van der Waals surface area contributed by atoms with Crippen molar-refractivity contribution >= 4 is 0 Å². The van der Waals surface area contributed by atoms with E-state index in [1.165, 1.54) is 11.1 Å². The maximum atomic E-state index is 4.44. The summed E-state index contributed by atoms with van der Waals surface area (Å²) in [6.07, 6.45) is 0. The summed E-state index contributed by atoms with van der Waals surface area (Å²) in [6.45, 7) is 4.16. The van der Waals surface area contributed by atoms with Gasteiger partial charge in [-0.25, -0.2) is 0 Å². The van der Waals surface area contributed by atoms with Gasteiger partial charge in [0.2, 0.25) is 0 Å². The molecule has 0 fully saturated rings. The third-order valence-electron chi connectivity index (χ3n) is 5.77. The fraction of sp³-hybridized carbons (Fsp3) is 0.154. The summed E-state index contributed by atoms with van der Waals surface area (Å²) in [7, 11) is 3.99. The van der Waals surface area contributed by atoms with Gasteiger partial charge in [0.05, 0.1) is 0 Å². The summed E-state index contributed by atoms with van der Waals surface area (Å²) < 4.78 is 4.05. The van der Waals surface area contributed by atoms with Gasteiger partial charge in [0.1, 0.15) is 0 Å². The van der Waals surface area contributed by atoms with Gasteiger partial charge in [0.15, 0.2) is 23.3 Å². The van der Waals surface area contributed by atoms with Gasteiger partial charge in [0, 0.05) is 36.3 Å². The normalized spacial score (nSPS) is 11.1. The first-order valence-electron chi connectivity index (χ1n) is 10.5. The van der Waals surface area contributed by atoms with Gasteiger partial charge in [-0.1, -0.05) is 83.9 Å². The van der Waals surface area contributed by atoms with Crippen LogP contribution in [0.5, 0.6) is 0 Å². The van der Waals surface area contributed by atoms with Crippen LogP contribution in [0.2, 0.25) is 0 Å². The predicted molar refractivity (Wildman–Crippen MR) is 127 cm³/mol. The minimum Gasteiger partial charge on any atom is -0.310 e. The molecule has 0 aliphatic carbocycles. The molecule has 0 bridgehead atoms. The van der Waals surface area contributed by atoms with Crippen molar-refractivity contribution in [1.29, 1.82) is 0 Å². The molecule has 5 aromatic rings. The largest absolute Gasteiger partial charge is 0.310 e. The molecule has 6 heteroatoms. The molecule has 0 unspecified atom stereocenters. The van der Waals surface area contributed by atoms with E-state index in [0.29, 0.717) is 0 Å². The van der Waals surface area contributed by atoms with Crippen molar-refractivity contribution in [3.05, 3.63) is 83.9 Å². The molecule has 32 heavy (non-hydrogen) atoms. The maximum absolute atomic E-state index is 4.44. The van der Waals surface area contributed by atoms with E-state index < -0.39 is 0 Å². The van der Waals surface area contributed by atoms with E-state index in [2.05, 4.69) is 107 Å². The Hall–Kier alpha value is -4.06. The van der Waals surface area contributed by atoms with Crippen molar-refractivity contribution in [2.45, 2.75) is 13.8 Å². The highest BCUT2D eigenvalue weighted by molar-refractivity contribution is 5.68. The Morgan fingerprint density at radius 3 is 0.875 bits per heavy atom. The molecule has 0 radical (unpaired) electrons. The number of hydrogen-bond donors (Lipinski definition) is 0. The SMILES string of the molecule is Cc1ccc(-c2nnc(-c3ccc(-c4nnc(-c5ccc(C)cc5)n4C)cc3)n2C)cc1. The quantitative estimate of drug-likeness (QED) is 0.399. The highest BCUT2D eigenvalue weighted by Crippen LogP contribution is 2.27. The summed E-state index contributed by atoms with van der Waals surface area (Å²) in [6, 6.07) is 24.9. The number of aromatic nitrogens is 6. The van der Waals surface area contributed by atoms with Crippen LogP contribution in [0, 0.1) is 13.8 Å².